The van der Waals surface area contributed by atoms with Crippen molar-refractivity contribution in [2.45, 2.75) is 44.1 Å². The maximum atomic E-state index is 13.0. The topological polar surface area (TPSA) is 117 Å². The molecule has 0 saturated heterocycles. The standard InChI is InChI=1S/C23H23F3N4O4S/c1-12-7-13(9-14(8-12)29-21-27-6-4-18(30-21)23(24,25)26)17-11-28-20(35-17)22(33)5-3-15(19(31)32)16(10-22)34-2/h4,6-9,11,15-16,33H,3,5,10H2,1-2H3,(H,31,32)(H,27,29,30)/t15-,16+,22+/m1/s1. The molecule has 186 valence electrons. The third kappa shape index (κ3) is 5.44. The number of carbonyl (C=O) groups is 1. The lowest BCUT2D eigenvalue weighted by atomic mass is 9.77. The Morgan fingerprint density at radius 3 is 2.74 bits per heavy atom. The van der Waals surface area contributed by atoms with Gasteiger partial charge >= 0.3 is 12.1 Å². The number of halogens is 3. The van der Waals surface area contributed by atoms with Gasteiger partial charge in [-0.1, -0.05) is 6.07 Å². The van der Waals surface area contributed by atoms with Crippen molar-refractivity contribution in [3.8, 4) is 10.4 Å². The molecule has 8 nitrogen and oxygen atoms in total. The van der Waals surface area contributed by atoms with Gasteiger partial charge in [0.2, 0.25) is 5.95 Å². The second-order valence-electron chi connectivity index (χ2n) is 8.50. The van der Waals surface area contributed by atoms with E-state index in [2.05, 4.69) is 20.3 Å². The minimum Gasteiger partial charge on any atom is -0.481 e. The summed E-state index contributed by atoms with van der Waals surface area (Å²) < 4.78 is 44.2. The fourth-order valence-electron chi connectivity index (χ4n) is 4.21. The number of methoxy groups -OCH3 is 1. The van der Waals surface area contributed by atoms with Gasteiger partial charge in [0.15, 0.2) is 0 Å². The molecule has 3 N–H and O–H groups in total. The number of thiazole rings is 1. The van der Waals surface area contributed by atoms with Crippen molar-refractivity contribution in [2.24, 2.45) is 5.92 Å². The number of nitrogens with one attached hydrogen (secondary N) is 1. The van der Waals surface area contributed by atoms with Crippen LogP contribution in [0.25, 0.3) is 10.4 Å². The summed E-state index contributed by atoms with van der Waals surface area (Å²) in [6.45, 7) is 1.84. The lowest BCUT2D eigenvalue weighted by molar-refractivity contribution is -0.155. The Morgan fingerprint density at radius 2 is 2.06 bits per heavy atom. The van der Waals surface area contributed by atoms with Crippen LogP contribution in [-0.4, -0.2) is 44.3 Å². The summed E-state index contributed by atoms with van der Waals surface area (Å²) >= 11 is 1.27. The zero-order valence-corrected chi connectivity index (χ0v) is 19.7. The minimum absolute atomic E-state index is 0.112. The molecule has 1 aromatic carbocycles. The van der Waals surface area contributed by atoms with Crippen molar-refractivity contribution in [1.29, 1.82) is 0 Å². The molecule has 0 amide bonds. The van der Waals surface area contributed by atoms with E-state index in [1.165, 1.54) is 18.4 Å². The van der Waals surface area contributed by atoms with Crippen LogP contribution in [-0.2, 0) is 21.3 Å². The number of benzene rings is 1. The Bertz CT molecular complexity index is 1240. The fraction of sp³-hybridized carbons (Fsp3) is 0.391. The van der Waals surface area contributed by atoms with Crippen LogP contribution in [0.2, 0.25) is 0 Å². The molecular weight excluding hydrogens is 485 g/mol. The number of aromatic nitrogens is 3. The number of anilines is 2. The zero-order chi connectivity index (χ0) is 25.4. The molecule has 2 aromatic heterocycles. The van der Waals surface area contributed by atoms with Gasteiger partial charge in [-0.25, -0.2) is 15.0 Å². The molecule has 0 aliphatic heterocycles. The van der Waals surface area contributed by atoms with Crippen LogP contribution in [0.4, 0.5) is 24.8 Å². The largest absolute Gasteiger partial charge is 0.481 e. The first-order valence-corrected chi connectivity index (χ1v) is 11.5. The minimum atomic E-state index is -4.58. The molecular formula is C23H23F3N4O4S. The van der Waals surface area contributed by atoms with Crippen molar-refractivity contribution in [3.63, 3.8) is 0 Å². The number of carboxylic acid groups (broad SMARTS) is 1. The zero-order valence-electron chi connectivity index (χ0n) is 18.8. The van der Waals surface area contributed by atoms with E-state index in [4.69, 9.17) is 4.74 Å². The summed E-state index contributed by atoms with van der Waals surface area (Å²) in [7, 11) is 1.43. The van der Waals surface area contributed by atoms with E-state index < -0.39 is 35.5 Å². The number of carboxylic acids is 1. The molecule has 2 heterocycles. The molecule has 0 radical (unpaired) electrons. The Balaban J connectivity index is 1.58. The van der Waals surface area contributed by atoms with Crippen molar-refractivity contribution in [1.82, 2.24) is 15.0 Å². The first kappa shape index (κ1) is 25.0. The Morgan fingerprint density at radius 1 is 1.29 bits per heavy atom. The Labute approximate surface area is 202 Å². The maximum absolute atomic E-state index is 13.0. The van der Waals surface area contributed by atoms with Gasteiger partial charge in [-0.15, -0.1) is 11.3 Å². The molecule has 1 fully saturated rings. The van der Waals surface area contributed by atoms with Crippen LogP contribution in [0.1, 0.15) is 35.5 Å². The summed E-state index contributed by atoms with van der Waals surface area (Å²) in [4.78, 5) is 24.0. The molecule has 1 aliphatic carbocycles. The molecule has 3 aromatic rings. The number of aryl methyl sites for hydroxylation is 1. The van der Waals surface area contributed by atoms with E-state index >= 15 is 0 Å². The first-order valence-electron chi connectivity index (χ1n) is 10.7. The highest BCUT2D eigenvalue weighted by Crippen LogP contribution is 2.44. The summed E-state index contributed by atoms with van der Waals surface area (Å²) in [6, 6.07) is 6.17. The van der Waals surface area contributed by atoms with Gasteiger partial charge in [0.25, 0.3) is 0 Å². The van der Waals surface area contributed by atoms with Crippen molar-refractivity contribution in [3.05, 3.63) is 52.9 Å². The fourth-order valence-corrected chi connectivity index (χ4v) is 5.24. The summed E-state index contributed by atoms with van der Waals surface area (Å²) in [5.74, 6) is -1.83. The van der Waals surface area contributed by atoms with E-state index in [-0.39, 0.29) is 25.2 Å². The quantitative estimate of drug-likeness (QED) is 0.436. The number of nitrogens with zero attached hydrogens (tertiary/aromatic N) is 3. The van der Waals surface area contributed by atoms with E-state index in [1.54, 1.807) is 18.3 Å². The van der Waals surface area contributed by atoms with Crippen LogP contribution < -0.4 is 5.32 Å². The average Bonchev–Trinajstić information content (AvgIpc) is 3.29. The summed E-state index contributed by atoms with van der Waals surface area (Å²) in [5, 5.41) is 23.9. The van der Waals surface area contributed by atoms with Gasteiger partial charge in [0.1, 0.15) is 16.3 Å². The molecule has 3 atom stereocenters. The predicted octanol–water partition coefficient (Wildman–Crippen LogP) is 4.76. The lowest BCUT2D eigenvalue weighted by Crippen LogP contribution is -2.43. The second-order valence-corrected chi connectivity index (χ2v) is 9.53. The monoisotopic (exact) mass is 508 g/mol. The number of rotatable bonds is 6. The third-order valence-corrected chi connectivity index (χ3v) is 7.18. The van der Waals surface area contributed by atoms with E-state index in [0.717, 1.165) is 28.3 Å². The predicted molar refractivity (Wildman–Crippen MR) is 122 cm³/mol. The molecule has 35 heavy (non-hydrogen) atoms. The molecule has 12 heteroatoms. The van der Waals surface area contributed by atoms with Crippen molar-refractivity contribution < 1.29 is 32.9 Å². The number of hydrogen-bond acceptors (Lipinski definition) is 8. The average molecular weight is 509 g/mol. The third-order valence-electron chi connectivity index (χ3n) is 5.94. The summed E-state index contributed by atoms with van der Waals surface area (Å²) in [5.41, 5.74) is -0.280. The van der Waals surface area contributed by atoms with Gasteiger partial charge in [0, 0.05) is 31.6 Å². The van der Waals surface area contributed by atoms with Gasteiger partial charge in [-0.2, -0.15) is 13.2 Å². The highest BCUT2D eigenvalue weighted by atomic mass is 32.1. The molecule has 0 bridgehead atoms. The van der Waals surface area contributed by atoms with Crippen LogP contribution in [0.15, 0.2) is 36.7 Å². The van der Waals surface area contributed by atoms with Gasteiger partial charge in [-0.3, -0.25) is 4.79 Å². The van der Waals surface area contributed by atoms with Crippen LogP contribution >= 0.6 is 11.3 Å². The number of aliphatic carboxylic acids is 1. The van der Waals surface area contributed by atoms with Gasteiger partial charge < -0.3 is 20.3 Å². The summed E-state index contributed by atoms with van der Waals surface area (Å²) in [6.07, 6.45) is -1.96. The Hall–Kier alpha value is -3.09. The Kier molecular flexibility index (Phi) is 6.80. The normalized spacial score (nSPS) is 22.7. The number of hydrogen-bond donors (Lipinski definition) is 3. The van der Waals surface area contributed by atoms with E-state index in [9.17, 15) is 28.2 Å². The highest BCUT2D eigenvalue weighted by molar-refractivity contribution is 7.15. The maximum Gasteiger partial charge on any atom is 0.433 e. The highest BCUT2D eigenvalue weighted by Gasteiger charge is 2.45. The van der Waals surface area contributed by atoms with Crippen molar-refractivity contribution in [2.75, 3.05) is 12.4 Å². The van der Waals surface area contributed by atoms with Crippen molar-refractivity contribution >= 4 is 28.9 Å². The molecule has 1 saturated carbocycles. The van der Waals surface area contributed by atoms with E-state index in [1.807, 2.05) is 13.0 Å². The SMILES string of the molecule is CO[C@H]1C[C@](O)(c2ncc(-c3cc(C)cc(Nc4nccc(C(F)(F)F)n4)c3)s2)CC[C@H]1C(=O)O. The van der Waals surface area contributed by atoms with E-state index in [0.29, 0.717) is 10.7 Å². The van der Waals surface area contributed by atoms with Gasteiger partial charge in [0.05, 0.1) is 16.9 Å². The van der Waals surface area contributed by atoms with Gasteiger partial charge in [-0.05, 0) is 49.1 Å². The molecule has 1 aliphatic rings. The number of ether oxygens (including phenoxy) is 1. The van der Waals surface area contributed by atoms with Crippen LogP contribution in [0, 0.1) is 12.8 Å². The second kappa shape index (κ2) is 9.51. The van der Waals surface area contributed by atoms with Crippen LogP contribution in [0.5, 0.6) is 0 Å². The molecule has 4 rings (SSSR count). The smallest absolute Gasteiger partial charge is 0.433 e. The lowest BCUT2D eigenvalue weighted by Gasteiger charge is -2.38. The number of aliphatic hydroxyl groups is 1. The first-order chi connectivity index (χ1) is 16.5. The number of alkyl halides is 3. The molecule has 0 unspecified atom stereocenters. The van der Waals surface area contributed by atoms with Crippen LogP contribution in [0.3, 0.4) is 0 Å². The molecule has 0 spiro atoms.